The summed E-state index contributed by atoms with van der Waals surface area (Å²) in [6, 6.07) is 7.33. The molecule has 0 heterocycles. The topological polar surface area (TPSA) is 41.1 Å². The van der Waals surface area contributed by atoms with Crippen LogP contribution in [0.1, 0.15) is 32.8 Å². The van der Waals surface area contributed by atoms with Crippen molar-refractivity contribution < 1.29 is 4.79 Å². The molecule has 0 unspecified atom stereocenters. The Morgan fingerprint density at radius 1 is 1.37 bits per heavy atom. The molecule has 102 valence electrons. The first-order chi connectivity index (χ1) is 9.08. The van der Waals surface area contributed by atoms with E-state index in [1.165, 1.54) is 0 Å². The van der Waals surface area contributed by atoms with Crippen LogP contribution in [0.25, 0.3) is 0 Å². The molecule has 0 aliphatic heterocycles. The van der Waals surface area contributed by atoms with Crippen LogP contribution in [-0.4, -0.2) is 12.1 Å². The molecule has 1 aromatic rings. The lowest BCUT2D eigenvalue weighted by Crippen LogP contribution is -2.40. The third kappa shape index (κ3) is 4.67. The molecule has 19 heavy (non-hydrogen) atoms. The third-order valence-electron chi connectivity index (χ3n) is 2.92. The minimum absolute atomic E-state index is 0.210. The molecule has 3 heteroatoms. The van der Waals surface area contributed by atoms with E-state index in [-0.39, 0.29) is 18.0 Å². The van der Waals surface area contributed by atoms with Crippen molar-refractivity contribution in [1.82, 2.24) is 5.32 Å². The van der Waals surface area contributed by atoms with Gasteiger partial charge in [-0.25, -0.2) is 4.79 Å². The highest BCUT2D eigenvalue weighted by Gasteiger charge is 2.13. The lowest BCUT2D eigenvalue weighted by Gasteiger charge is -2.18. The molecule has 3 nitrogen and oxygen atoms in total. The van der Waals surface area contributed by atoms with E-state index in [0.29, 0.717) is 0 Å². The number of carbonyl (C=O) groups excluding carboxylic acids is 1. The van der Waals surface area contributed by atoms with Gasteiger partial charge in [0.15, 0.2) is 0 Å². The maximum atomic E-state index is 11.9. The highest BCUT2D eigenvalue weighted by Crippen LogP contribution is 2.16. The Morgan fingerprint density at radius 2 is 2.05 bits per heavy atom. The van der Waals surface area contributed by atoms with E-state index in [4.69, 9.17) is 6.42 Å². The Hall–Kier alpha value is -1.95. The standard InChI is InChI=1S/C16H22N2O/c1-5-9-13-10-7-8-11-15(13)18-16(19)17-14(6-2)12(3)4/h2,7-8,10-12,14H,5,9H2,1,3-4H3,(H2,17,18,19)/t14-/m0/s1. The first kappa shape index (κ1) is 15.1. The summed E-state index contributed by atoms with van der Waals surface area (Å²) < 4.78 is 0. The number of terminal acetylenes is 1. The van der Waals surface area contributed by atoms with Crippen LogP contribution in [0.2, 0.25) is 0 Å². The van der Waals surface area contributed by atoms with Crippen molar-refractivity contribution in [3.05, 3.63) is 29.8 Å². The van der Waals surface area contributed by atoms with Gasteiger partial charge in [0.1, 0.15) is 0 Å². The molecule has 0 fully saturated rings. The monoisotopic (exact) mass is 258 g/mol. The number of aryl methyl sites for hydroxylation is 1. The van der Waals surface area contributed by atoms with Crippen LogP contribution >= 0.6 is 0 Å². The summed E-state index contributed by atoms with van der Waals surface area (Å²) in [5.41, 5.74) is 1.99. The molecule has 0 aliphatic rings. The van der Waals surface area contributed by atoms with Gasteiger partial charge in [0.05, 0.1) is 6.04 Å². The van der Waals surface area contributed by atoms with Crippen LogP contribution in [0, 0.1) is 18.3 Å². The molecule has 0 spiro atoms. The van der Waals surface area contributed by atoms with Crippen molar-refractivity contribution in [3.8, 4) is 12.3 Å². The van der Waals surface area contributed by atoms with Gasteiger partial charge in [0.2, 0.25) is 0 Å². The van der Waals surface area contributed by atoms with Crippen molar-refractivity contribution in [2.45, 2.75) is 39.7 Å². The molecule has 0 bridgehead atoms. The van der Waals surface area contributed by atoms with Crippen molar-refractivity contribution >= 4 is 11.7 Å². The van der Waals surface area contributed by atoms with E-state index in [0.717, 1.165) is 24.1 Å². The van der Waals surface area contributed by atoms with E-state index in [9.17, 15) is 4.79 Å². The number of urea groups is 1. The number of carbonyl (C=O) groups is 1. The maximum absolute atomic E-state index is 11.9. The molecule has 0 aliphatic carbocycles. The van der Waals surface area contributed by atoms with Crippen LogP contribution in [0.3, 0.4) is 0 Å². The van der Waals surface area contributed by atoms with Gasteiger partial charge in [-0.05, 0) is 24.0 Å². The van der Waals surface area contributed by atoms with E-state index in [1.807, 2.05) is 38.1 Å². The predicted molar refractivity (Wildman–Crippen MR) is 80.1 cm³/mol. The Morgan fingerprint density at radius 3 is 2.63 bits per heavy atom. The van der Waals surface area contributed by atoms with Crippen LogP contribution in [0.4, 0.5) is 10.5 Å². The number of hydrogen-bond donors (Lipinski definition) is 2. The summed E-state index contributed by atoms with van der Waals surface area (Å²) in [7, 11) is 0. The first-order valence-corrected chi connectivity index (χ1v) is 6.70. The normalized spacial score (nSPS) is 11.7. The molecule has 1 rings (SSSR count). The molecule has 0 saturated carbocycles. The van der Waals surface area contributed by atoms with Gasteiger partial charge < -0.3 is 10.6 Å². The molecular formula is C16H22N2O. The lowest BCUT2D eigenvalue weighted by atomic mass is 10.1. The van der Waals surface area contributed by atoms with Crippen molar-refractivity contribution in [2.75, 3.05) is 5.32 Å². The number of anilines is 1. The number of nitrogens with one attached hydrogen (secondary N) is 2. The molecular weight excluding hydrogens is 236 g/mol. The van der Waals surface area contributed by atoms with Crippen molar-refractivity contribution in [1.29, 1.82) is 0 Å². The fourth-order valence-electron chi connectivity index (χ4n) is 1.83. The van der Waals surface area contributed by atoms with E-state index in [1.54, 1.807) is 0 Å². The molecule has 1 atom stereocenters. The zero-order valence-corrected chi connectivity index (χ0v) is 11.9. The highest BCUT2D eigenvalue weighted by molar-refractivity contribution is 5.90. The SMILES string of the molecule is C#C[C@H](NC(=O)Nc1ccccc1CCC)C(C)C. The fraction of sp³-hybridized carbons (Fsp3) is 0.438. The van der Waals surface area contributed by atoms with E-state index < -0.39 is 0 Å². The number of rotatable bonds is 5. The maximum Gasteiger partial charge on any atom is 0.320 e. The van der Waals surface area contributed by atoms with Gasteiger partial charge in [-0.2, -0.15) is 0 Å². The average Bonchev–Trinajstić information content (AvgIpc) is 2.38. The zero-order chi connectivity index (χ0) is 14.3. The van der Waals surface area contributed by atoms with Crippen LogP contribution in [0.5, 0.6) is 0 Å². The second-order valence-electron chi connectivity index (χ2n) is 4.89. The van der Waals surface area contributed by atoms with Gasteiger partial charge >= 0.3 is 6.03 Å². The second kappa shape index (κ2) is 7.48. The summed E-state index contributed by atoms with van der Waals surface area (Å²) in [5.74, 6) is 2.80. The second-order valence-corrected chi connectivity index (χ2v) is 4.89. The summed E-state index contributed by atoms with van der Waals surface area (Å²) in [6.07, 6.45) is 7.39. The largest absolute Gasteiger partial charge is 0.324 e. The number of amides is 2. The Labute approximate surface area is 115 Å². The first-order valence-electron chi connectivity index (χ1n) is 6.70. The van der Waals surface area contributed by atoms with E-state index in [2.05, 4.69) is 23.5 Å². The summed E-state index contributed by atoms with van der Waals surface area (Å²) in [4.78, 5) is 11.9. The van der Waals surface area contributed by atoms with Gasteiger partial charge in [-0.1, -0.05) is 51.3 Å². The molecule has 2 amide bonds. The molecule has 1 aromatic carbocycles. The minimum Gasteiger partial charge on any atom is -0.324 e. The number of benzene rings is 1. The van der Waals surface area contributed by atoms with Crippen LogP contribution in [-0.2, 0) is 6.42 Å². The highest BCUT2D eigenvalue weighted by atomic mass is 16.2. The predicted octanol–water partition coefficient (Wildman–Crippen LogP) is 3.42. The number of hydrogen-bond acceptors (Lipinski definition) is 1. The molecule has 0 radical (unpaired) electrons. The molecule has 0 saturated heterocycles. The zero-order valence-electron chi connectivity index (χ0n) is 11.9. The van der Waals surface area contributed by atoms with E-state index >= 15 is 0 Å². The third-order valence-corrected chi connectivity index (χ3v) is 2.92. The van der Waals surface area contributed by atoms with Crippen LogP contribution < -0.4 is 10.6 Å². The average molecular weight is 258 g/mol. The van der Waals surface area contributed by atoms with Gasteiger partial charge in [-0.3, -0.25) is 0 Å². The summed E-state index contributed by atoms with van der Waals surface area (Å²) >= 11 is 0. The Bertz CT molecular complexity index is 460. The molecule has 0 aromatic heterocycles. The Kier molecular flexibility index (Phi) is 5.95. The minimum atomic E-state index is -0.252. The Balaban J connectivity index is 2.69. The van der Waals surface area contributed by atoms with Crippen molar-refractivity contribution in [2.24, 2.45) is 5.92 Å². The number of para-hydroxylation sites is 1. The van der Waals surface area contributed by atoms with Crippen molar-refractivity contribution in [3.63, 3.8) is 0 Å². The quantitative estimate of drug-likeness (QED) is 0.781. The van der Waals surface area contributed by atoms with Crippen LogP contribution in [0.15, 0.2) is 24.3 Å². The lowest BCUT2D eigenvalue weighted by molar-refractivity contribution is 0.248. The fourth-order valence-corrected chi connectivity index (χ4v) is 1.83. The molecule has 2 N–H and O–H groups in total. The summed E-state index contributed by atoms with van der Waals surface area (Å²) in [5, 5.41) is 5.67. The van der Waals surface area contributed by atoms with Gasteiger partial charge in [0, 0.05) is 5.69 Å². The summed E-state index contributed by atoms with van der Waals surface area (Å²) in [6.45, 7) is 6.08. The smallest absolute Gasteiger partial charge is 0.320 e. The van der Waals surface area contributed by atoms with Gasteiger partial charge in [-0.15, -0.1) is 6.42 Å². The van der Waals surface area contributed by atoms with Gasteiger partial charge in [0.25, 0.3) is 0 Å².